The smallest absolute Gasteiger partial charge is 0.233 e. The molecule has 0 N–H and O–H groups in total. The van der Waals surface area contributed by atoms with E-state index >= 15 is 0 Å². The second-order valence-corrected chi connectivity index (χ2v) is 7.18. The van der Waals surface area contributed by atoms with Gasteiger partial charge in [-0.25, -0.2) is 9.37 Å². The zero-order valence-electron chi connectivity index (χ0n) is 15.1. The van der Waals surface area contributed by atoms with Gasteiger partial charge in [-0.05, 0) is 42.0 Å². The quantitative estimate of drug-likeness (QED) is 0.469. The molecule has 0 bridgehead atoms. The minimum absolute atomic E-state index is 0.152. The van der Waals surface area contributed by atoms with Crippen molar-refractivity contribution >= 4 is 32.6 Å². The van der Waals surface area contributed by atoms with Crippen LogP contribution in [0.15, 0.2) is 65.3 Å². The first-order chi connectivity index (χ1) is 13.6. The van der Waals surface area contributed by atoms with Gasteiger partial charge in [0.05, 0.1) is 31.0 Å². The number of hydrogen-bond acceptors (Lipinski definition) is 5. The van der Waals surface area contributed by atoms with Gasteiger partial charge in [-0.15, -0.1) is 0 Å². The van der Waals surface area contributed by atoms with Crippen LogP contribution in [0.5, 0.6) is 5.75 Å². The summed E-state index contributed by atoms with van der Waals surface area (Å²) in [5, 5.41) is 0.440. The van der Waals surface area contributed by atoms with Crippen LogP contribution < -0.4 is 9.64 Å². The van der Waals surface area contributed by atoms with E-state index in [9.17, 15) is 9.18 Å². The summed E-state index contributed by atoms with van der Waals surface area (Å²) in [6, 6.07) is 15.7. The Morgan fingerprint density at radius 1 is 1.18 bits per heavy atom. The highest BCUT2D eigenvalue weighted by atomic mass is 32.1. The highest BCUT2D eigenvalue weighted by Crippen LogP contribution is 2.31. The predicted octanol–water partition coefficient (Wildman–Crippen LogP) is 4.81. The maximum absolute atomic E-state index is 14.1. The van der Waals surface area contributed by atoms with Gasteiger partial charge in [0.15, 0.2) is 5.13 Å². The molecule has 2 heterocycles. The Bertz CT molecular complexity index is 1090. The normalized spacial score (nSPS) is 10.9. The first kappa shape index (κ1) is 18.2. The van der Waals surface area contributed by atoms with E-state index in [1.54, 1.807) is 37.6 Å². The number of halogens is 1. The fourth-order valence-electron chi connectivity index (χ4n) is 2.85. The fraction of sp³-hybridized carbons (Fsp3) is 0.143. The summed E-state index contributed by atoms with van der Waals surface area (Å²) in [5.74, 6) is 0.801. The number of aromatic nitrogens is 1. The van der Waals surface area contributed by atoms with Gasteiger partial charge in [-0.3, -0.25) is 9.69 Å². The standard InChI is InChI=1S/C21H17FN2O3S/c1-26-15-9-7-14(8-10-15)12-19(25)24(13-16-4-3-11-27-16)21-23-20-17(22)5-2-6-18(20)28-21/h2-11H,12-13H2,1H3. The van der Waals surface area contributed by atoms with Crippen LogP contribution in [-0.4, -0.2) is 18.0 Å². The molecule has 2 aromatic heterocycles. The van der Waals surface area contributed by atoms with E-state index < -0.39 is 5.82 Å². The lowest BCUT2D eigenvalue weighted by atomic mass is 10.1. The Balaban J connectivity index is 1.65. The Morgan fingerprint density at radius 2 is 2.00 bits per heavy atom. The van der Waals surface area contributed by atoms with Gasteiger partial charge in [0.1, 0.15) is 22.8 Å². The topological polar surface area (TPSA) is 55.6 Å². The largest absolute Gasteiger partial charge is 0.497 e. The molecule has 0 saturated heterocycles. The van der Waals surface area contributed by atoms with E-state index in [1.807, 2.05) is 24.3 Å². The van der Waals surface area contributed by atoms with E-state index in [2.05, 4.69) is 4.98 Å². The number of anilines is 1. The van der Waals surface area contributed by atoms with Crippen molar-refractivity contribution < 1.29 is 18.3 Å². The average molecular weight is 396 g/mol. The van der Waals surface area contributed by atoms with Crippen LogP contribution in [0.4, 0.5) is 9.52 Å². The average Bonchev–Trinajstić information content (AvgIpc) is 3.37. The second kappa shape index (κ2) is 7.82. The third-order valence-corrected chi connectivity index (χ3v) is 5.34. The molecule has 0 unspecified atom stereocenters. The number of hydrogen-bond donors (Lipinski definition) is 0. The number of para-hydroxylation sites is 1. The number of carbonyl (C=O) groups is 1. The minimum Gasteiger partial charge on any atom is -0.497 e. The fourth-order valence-corrected chi connectivity index (χ4v) is 3.85. The van der Waals surface area contributed by atoms with Gasteiger partial charge >= 0.3 is 0 Å². The van der Waals surface area contributed by atoms with Crippen molar-refractivity contribution in [2.45, 2.75) is 13.0 Å². The molecule has 0 radical (unpaired) electrons. The van der Waals surface area contributed by atoms with Crippen LogP contribution in [0, 0.1) is 5.82 Å². The van der Waals surface area contributed by atoms with Gasteiger partial charge in [0.25, 0.3) is 0 Å². The Morgan fingerprint density at radius 3 is 2.68 bits per heavy atom. The molecule has 2 aromatic carbocycles. The van der Waals surface area contributed by atoms with Gasteiger partial charge in [-0.2, -0.15) is 0 Å². The Labute approximate surface area is 165 Å². The number of furan rings is 1. The lowest BCUT2D eigenvalue weighted by Crippen LogP contribution is -2.31. The summed E-state index contributed by atoms with van der Waals surface area (Å²) in [4.78, 5) is 19.0. The van der Waals surface area contributed by atoms with Gasteiger partial charge in [-0.1, -0.05) is 29.5 Å². The Hall–Kier alpha value is -3.19. The molecule has 142 valence electrons. The van der Waals surface area contributed by atoms with E-state index in [-0.39, 0.29) is 24.4 Å². The minimum atomic E-state index is -0.402. The van der Waals surface area contributed by atoms with E-state index in [0.717, 1.165) is 11.3 Å². The summed E-state index contributed by atoms with van der Waals surface area (Å²) < 4.78 is 25.3. The summed E-state index contributed by atoms with van der Waals surface area (Å²) in [5.41, 5.74) is 1.12. The maximum atomic E-state index is 14.1. The summed E-state index contributed by atoms with van der Waals surface area (Å²) in [7, 11) is 1.59. The van der Waals surface area contributed by atoms with Crippen molar-refractivity contribution in [1.29, 1.82) is 0 Å². The molecule has 28 heavy (non-hydrogen) atoms. The van der Waals surface area contributed by atoms with E-state index in [0.29, 0.717) is 15.6 Å². The van der Waals surface area contributed by atoms with Gasteiger partial charge in [0.2, 0.25) is 5.91 Å². The molecule has 0 spiro atoms. The van der Waals surface area contributed by atoms with Crippen molar-refractivity contribution in [3.8, 4) is 5.75 Å². The van der Waals surface area contributed by atoms with Crippen LogP contribution in [0.25, 0.3) is 10.2 Å². The molecule has 1 amide bonds. The zero-order chi connectivity index (χ0) is 19.5. The molecule has 0 aliphatic carbocycles. The highest BCUT2D eigenvalue weighted by molar-refractivity contribution is 7.22. The number of thiazole rings is 1. The number of methoxy groups -OCH3 is 1. The number of fused-ring (bicyclic) bond motifs is 1. The van der Waals surface area contributed by atoms with Crippen LogP contribution in [0.1, 0.15) is 11.3 Å². The van der Waals surface area contributed by atoms with Crippen LogP contribution in [-0.2, 0) is 17.8 Å². The number of nitrogens with zero attached hydrogens (tertiary/aromatic N) is 2. The van der Waals surface area contributed by atoms with Crippen molar-refractivity contribution in [2.24, 2.45) is 0 Å². The number of rotatable bonds is 6. The van der Waals surface area contributed by atoms with Crippen LogP contribution >= 0.6 is 11.3 Å². The molecule has 0 fully saturated rings. The summed E-state index contributed by atoms with van der Waals surface area (Å²) >= 11 is 1.28. The van der Waals surface area contributed by atoms with Gasteiger partial charge < -0.3 is 9.15 Å². The van der Waals surface area contributed by atoms with Crippen molar-refractivity contribution in [3.05, 3.63) is 78.0 Å². The Kier molecular flexibility index (Phi) is 5.08. The molecular formula is C21H17FN2O3S. The molecule has 4 rings (SSSR count). The van der Waals surface area contributed by atoms with Crippen LogP contribution in [0.3, 0.4) is 0 Å². The molecule has 4 aromatic rings. The number of carbonyl (C=O) groups excluding carboxylic acids is 1. The number of amides is 1. The molecule has 0 aliphatic rings. The summed E-state index contributed by atoms with van der Waals surface area (Å²) in [6.45, 7) is 0.226. The monoisotopic (exact) mass is 396 g/mol. The second-order valence-electron chi connectivity index (χ2n) is 6.17. The third-order valence-electron chi connectivity index (χ3n) is 4.30. The molecule has 0 atom stereocenters. The highest BCUT2D eigenvalue weighted by Gasteiger charge is 2.22. The third kappa shape index (κ3) is 3.75. The van der Waals surface area contributed by atoms with Crippen molar-refractivity contribution in [3.63, 3.8) is 0 Å². The van der Waals surface area contributed by atoms with Crippen molar-refractivity contribution in [2.75, 3.05) is 12.0 Å². The number of benzene rings is 2. The number of ether oxygens (including phenoxy) is 1. The molecular weight excluding hydrogens is 379 g/mol. The lowest BCUT2D eigenvalue weighted by molar-refractivity contribution is -0.118. The molecule has 7 heteroatoms. The molecule has 0 saturated carbocycles. The molecule has 0 aliphatic heterocycles. The SMILES string of the molecule is COc1ccc(CC(=O)N(Cc2ccco2)c2nc3c(F)cccc3s2)cc1. The molecule has 5 nitrogen and oxygen atoms in total. The van der Waals surface area contributed by atoms with Gasteiger partial charge in [0, 0.05) is 0 Å². The van der Waals surface area contributed by atoms with Crippen LogP contribution in [0.2, 0.25) is 0 Å². The lowest BCUT2D eigenvalue weighted by Gasteiger charge is -2.19. The van der Waals surface area contributed by atoms with E-state index in [1.165, 1.54) is 22.3 Å². The van der Waals surface area contributed by atoms with Crippen molar-refractivity contribution in [1.82, 2.24) is 4.98 Å². The zero-order valence-corrected chi connectivity index (χ0v) is 15.9. The first-order valence-electron chi connectivity index (χ1n) is 8.65. The maximum Gasteiger partial charge on any atom is 0.233 e. The predicted molar refractivity (Wildman–Crippen MR) is 106 cm³/mol. The first-order valence-corrected chi connectivity index (χ1v) is 9.46. The van der Waals surface area contributed by atoms with E-state index in [4.69, 9.17) is 9.15 Å². The summed E-state index contributed by atoms with van der Waals surface area (Å²) in [6.07, 6.45) is 1.74.